The molecule has 23 heavy (non-hydrogen) atoms. The molecule has 2 aromatic rings. The number of likely N-dealkylation sites (tertiary alicyclic amines) is 1. The van der Waals surface area contributed by atoms with Crippen molar-refractivity contribution in [3.63, 3.8) is 0 Å². The van der Waals surface area contributed by atoms with Crippen LogP contribution in [0.15, 0.2) is 30.5 Å². The lowest BCUT2D eigenvalue weighted by molar-refractivity contribution is -0.147. The molecule has 1 aromatic heterocycles. The van der Waals surface area contributed by atoms with Crippen LogP contribution >= 0.6 is 0 Å². The quantitative estimate of drug-likeness (QED) is 0.938. The van der Waals surface area contributed by atoms with E-state index in [2.05, 4.69) is 0 Å². The monoisotopic (exact) mass is 314 g/mol. The summed E-state index contributed by atoms with van der Waals surface area (Å²) in [5.74, 6) is -1.28. The van der Waals surface area contributed by atoms with E-state index in [4.69, 9.17) is 0 Å². The van der Waals surface area contributed by atoms with Crippen molar-refractivity contribution >= 4 is 28.7 Å². The Morgan fingerprint density at radius 2 is 2.00 bits per heavy atom. The Hall–Kier alpha value is -2.63. The molecule has 0 aliphatic carbocycles. The van der Waals surface area contributed by atoms with E-state index in [1.807, 2.05) is 24.3 Å². The number of fused-ring (bicyclic) bond motifs is 1. The van der Waals surface area contributed by atoms with Crippen LogP contribution in [-0.4, -0.2) is 44.9 Å². The minimum Gasteiger partial charge on any atom is -0.480 e. The fourth-order valence-corrected chi connectivity index (χ4v) is 3.24. The van der Waals surface area contributed by atoms with Crippen molar-refractivity contribution in [1.82, 2.24) is 9.47 Å². The van der Waals surface area contributed by atoms with Crippen LogP contribution < -0.4 is 0 Å². The van der Waals surface area contributed by atoms with Crippen molar-refractivity contribution in [2.24, 2.45) is 0 Å². The summed E-state index contributed by atoms with van der Waals surface area (Å²) in [5, 5.41) is 10.1. The van der Waals surface area contributed by atoms with Gasteiger partial charge < -0.3 is 10.0 Å². The van der Waals surface area contributed by atoms with Gasteiger partial charge in [0.25, 0.3) is 0 Å². The zero-order valence-corrected chi connectivity index (χ0v) is 12.9. The topological polar surface area (TPSA) is 79.6 Å². The van der Waals surface area contributed by atoms with E-state index in [0.717, 1.165) is 16.5 Å². The van der Waals surface area contributed by atoms with Gasteiger partial charge in [0, 0.05) is 25.1 Å². The Morgan fingerprint density at radius 3 is 2.70 bits per heavy atom. The third-order valence-electron chi connectivity index (χ3n) is 4.33. The first-order valence-electron chi connectivity index (χ1n) is 7.61. The molecule has 1 atom stereocenters. The lowest BCUT2D eigenvalue weighted by atomic mass is 10.1. The molecule has 2 heterocycles. The fourth-order valence-electron chi connectivity index (χ4n) is 3.24. The van der Waals surface area contributed by atoms with E-state index in [1.54, 1.807) is 6.20 Å². The fraction of sp³-hybridized carbons (Fsp3) is 0.353. The number of aromatic nitrogens is 1. The SMILES string of the molecule is CC(=O)n1cc(CC(=O)N2CCC[C@H]2C(=O)O)c2ccccc21. The van der Waals surface area contributed by atoms with Gasteiger partial charge in [-0.15, -0.1) is 0 Å². The molecule has 0 unspecified atom stereocenters. The number of rotatable bonds is 3. The maximum absolute atomic E-state index is 12.5. The average molecular weight is 314 g/mol. The highest BCUT2D eigenvalue weighted by Crippen LogP contribution is 2.24. The van der Waals surface area contributed by atoms with Crippen LogP contribution in [0, 0.1) is 0 Å². The van der Waals surface area contributed by atoms with Crippen molar-refractivity contribution < 1.29 is 19.5 Å². The third-order valence-corrected chi connectivity index (χ3v) is 4.33. The normalized spacial score (nSPS) is 17.6. The molecule has 1 amide bonds. The number of carboxylic acids is 1. The van der Waals surface area contributed by atoms with E-state index >= 15 is 0 Å². The molecular formula is C17H18N2O4. The van der Waals surface area contributed by atoms with Crippen molar-refractivity contribution in [3.05, 3.63) is 36.0 Å². The molecule has 1 aromatic carbocycles. The maximum Gasteiger partial charge on any atom is 0.326 e. The molecular weight excluding hydrogens is 296 g/mol. The number of para-hydroxylation sites is 1. The van der Waals surface area contributed by atoms with E-state index in [-0.39, 0.29) is 18.2 Å². The van der Waals surface area contributed by atoms with Gasteiger partial charge in [-0.05, 0) is 24.5 Å². The lowest BCUT2D eigenvalue weighted by Gasteiger charge is -2.21. The minimum absolute atomic E-state index is 0.102. The van der Waals surface area contributed by atoms with Crippen LogP contribution in [0.4, 0.5) is 0 Å². The Morgan fingerprint density at radius 1 is 1.26 bits per heavy atom. The number of amides is 1. The second-order valence-corrected chi connectivity index (χ2v) is 5.82. The van der Waals surface area contributed by atoms with E-state index in [1.165, 1.54) is 16.4 Å². The molecule has 6 nitrogen and oxygen atoms in total. The summed E-state index contributed by atoms with van der Waals surface area (Å²) in [4.78, 5) is 36.9. The molecule has 1 aliphatic rings. The predicted octanol–water partition coefficient (Wildman–Crippen LogP) is 1.92. The number of carboxylic acid groups (broad SMARTS) is 1. The number of nitrogens with zero attached hydrogens (tertiary/aromatic N) is 2. The second kappa shape index (κ2) is 5.87. The zero-order valence-electron chi connectivity index (χ0n) is 12.9. The van der Waals surface area contributed by atoms with E-state index in [9.17, 15) is 19.5 Å². The Bertz CT molecular complexity index is 793. The molecule has 0 saturated carbocycles. The van der Waals surface area contributed by atoms with Crippen LogP contribution in [0.25, 0.3) is 10.9 Å². The predicted molar refractivity (Wildman–Crippen MR) is 84.3 cm³/mol. The van der Waals surface area contributed by atoms with Crippen LogP contribution in [0.1, 0.15) is 30.1 Å². The van der Waals surface area contributed by atoms with Gasteiger partial charge in [-0.25, -0.2) is 4.79 Å². The molecule has 120 valence electrons. The largest absolute Gasteiger partial charge is 0.480 e. The van der Waals surface area contributed by atoms with Gasteiger partial charge in [0.15, 0.2) is 0 Å². The van der Waals surface area contributed by atoms with E-state index < -0.39 is 12.0 Å². The number of carbonyl (C=O) groups is 3. The number of hydrogen-bond acceptors (Lipinski definition) is 3. The van der Waals surface area contributed by atoms with Crippen molar-refractivity contribution in [2.45, 2.75) is 32.2 Å². The molecule has 1 fully saturated rings. The smallest absolute Gasteiger partial charge is 0.326 e. The van der Waals surface area contributed by atoms with Gasteiger partial charge in [0.1, 0.15) is 6.04 Å². The number of benzene rings is 1. The van der Waals surface area contributed by atoms with Gasteiger partial charge in [0.05, 0.1) is 11.9 Å². The summed E-state index contributed by atoms with van der Waals surface area (Å²) in [7, 11) is 0. The first-order chi connectivity index (χ1) is 11.0. The Balaban J connectivity index is 1.91. The summed E-state index contributed by atoms with van der Waals surface area (Å²) in [6, 6.07) is 6.67. The van der Waals surface area contributed by atoms with Crippen LogP contribution in [0.3, 0.4) is 0 Å². The average Bonchev–Trinajstić information content (AvgIpc) is 3.12. The first kappa shape index (κ1) is 15.3. The first-order valence-corrected chi connectivity index (χ1v) is 7.61. The number of carbonyl (C=O) groups excluding carboxylic acids is 2. The highest BCUT2D eigenvalue weighted by molar-refractivity contribution is 5.96. The van der Waals surface area contributed by atoms with Gasteiger partial charge in [-0.1, -0.05) is 18.2 Å². The highest BCUT2D eigenvalue weighted by atomic mass is 16.4. The molecule has 3 rings (SSSR count). The standard InChI is InChI=1S/C17H18N2O4/c1-11(20)19-10-12(13-5-2-3-6-14(13)19)9-16(21)18-8-4-7-15(18)17(22)23/h2-3,5-6,10,15H,4,7-9H2,1H3,(H,22,23)/t15-/m0/s1. The van der Waals surface area contributed by atoms with Crippen molar-refractivity contribution in [1.29, 1.82) is 0 Å². The van der Waals surface area contributed by atoms with Crippen LogP contribution in [0.2, 0.25) is 0 Å². The van der Waals surface area contributed by atoms with Gasteiger partial charge in [0.2, 0.25) is 11.8 Å². The molecule has 0 spiro atoms. The Labute approximate surface area is 133 Å². The molecule has 6 heteroatoms. The zero-order chi connectivity index (χ0) is 16.6. The van der Waals surface area contributed by atoms with Gasteiger partial charge in [-0.2, -0.15) is 0 Å². The van der Waals surface area contributed by atoms with Crippen LogP contribution in [0.5, 0.6) is 0 Å². The Kier molecular flexibility index (Phi) is 3.90. The number of aliphatic carboxylic acids is 1. The molecule has 1 saturated heterocycles. The summed E-state index contributed by atoms with van der Waals surface area (Å²) >= 11 is 0. The second-order valence-electron chi connectivity index (χ2n) is 5.82. The molecule has 1 aliphatic heterocycles. The van der Waals surface area contributed by atoms with Gasteiger partial charge in [-0.3, -0.25) is 14.2 Å². The molecule has 1 N–H and O–H groups in total. The lowest BCUT2D eigenvalue weighted by Crippen LogP contribution is -2.41. The summed E-state index contributed by atoms with van der Waals surface area (Å²) in [6.45, 7) is 1.94. The summed E-state index contributed by atoms with van der Waals surface area (Å²) < 4.78 is 1.52. The summed E-state index contributed by atoms with van der Waals surface area (Å²) in [6.07, 6.45) is 2.98. The highest BCUT2D eigenvalue weighted by Gasteiger charge is 2.34. The van der Waals surface area contributed by atoms with Crippen molar-refractivity contribution in [2.75, 3.05) is 6.54 Å². The summed E-state index contributed by atoms with van der Waals surface area (Å²) in [5.41, 5.74) is 1.51. The minimum atomic E-state index is -0.956. The third kappa shape index (κ3) is 2.72. The molecule has 0 bridgehead atoms. The van der Waals surface area contributed by atoms with E-state index in [0.29, 0.717) is 19.4 Å². The van der Waals surface area contributed by atoms with Crippen LogP contribution in [-0.2, 0) is 16.0 Å². The van der Waals surface area contributed by atoms with Crippen molar-refractivity contribution in [3.8, 4) is 0 Å². The van der Waals surface area contributed by atoms with Gasteiger partial charge >= 0.3 is 5.97 Å². The number of hydrogen-bond donors (Lipinski definition) is 1. The maximum atomic E-state index is 12.5. The molecule has 0 radical (unpaired) electrons.